The normalized spacial score (nSPS) is 25.4. The highest BCUT2D eigenvalue weighted by molar-refractivity contribution is 5.88. The Labute approximate surface area is 154 Å². The number of nitrogens with one attached hydrogen (secondary N) is 1. The van der Waals surface area contributed by atoms with Gasteiger partial charge in [0.25, 0.3) is 0 Å². The lowest BCUT2D eigenvalue weighted by molar-refractivity contribution is -0.131. The Morgan fingerprint density at radius 3 is 2.88 bits per heavy atom. The standard InChI is InChI=1S/C21H25N3O2/c1-24-11-9-21(20(24)25)8-6-18(23-21)19-13-17(7-10-22-19)16-5-3-4-15(12-16)14-26-2/h3-5,7,10,12-13,18,23H,6,8-9,11,14H2,1-2H3/t18-,21+/m1/s1. The van der Waals surface area contributed by atoms with Gasteiger partial charge >= 0.3 is 0 Å². The summed E-state index contributed by atoms with van der Waals surface area (Å²) >= 11 is 0. The molecule has 1 amide bonds. The van der Waals surface area contributed by atoms with Crippen LogP contribution < -0.4 is 5.32 Å². The summed E-state index contributed by atoms with van der Waals surface area (Å²) in [6.07, 6.45) is 4.58. The minimum absolute atomic E-state index is 0.132. The molecule has 5 heteroatoms. The van der Waals surface area contributed by atoms with Crippen LogP contribution in [0.3, 0.4) is 0 Å². The molecule has 2 fully saturated rings. The van der Waals surface area contributed by atoms with E-state index in [2.05, 4.69) is 40.6 Å². The third-order valence-corrected chi connectivity index (χ3v) is 5.65. The molecule has 0 saturated carbocycles. The second kappa shape index (κ2) is 6.82. The predicted octanol–water partition coefficient (Wildman–Crippen LogP) is 2.92. The average molecular weight is 351 g/mol. The van der Waals surface area contributed by atoms with Gasteiger partial charge < -0.3 is 9.64 Å². The van der Waals surface area contributed by atoms with Crippen LogP contribution in [0, 0.1) is 0 Å². The van der Waals surface area contributed by atoms with Crippen molar-refractivity contribution >= 4 is 5.91 Å². The van der Waals surface area contributed by atoms with Crippen LogP contribution in [-0.2, 0) is 16.1 Å². The van der Waals surface area contributed by atoms with E-state index in [4.69, 9.17) is 4.74 Å². The lowest BCUT2D eigenvalue weighted by Gasteiger charge is -2.23. The number of nitrogens with zero attached hydrogens (tertiary/aromatic N) is 2. The van der Waals surface area contributed by atoms with Crippen LogP contribution in [0.4, 0.5) is 0 Å². The number of likely N-dealkylation sites (tertiary alicyclic amines) is 1. The number of rotatable bonds is 4. The van der Waals surface area contributed by atoms with Crippen molar-refractivity contribution in [3.8, 4) is 11.1 Å². The Morgan fingerprint density at radius 1 is 1.27 bits per heavy atom. The third-order valence-electron chi connectivity index (χ3n) is 5.65. The van der Waals surface area contributed by atoms with Gasteiger partial charge in [0.15, 0.2) is 0 Å². The van der Waals surface area contributed by atoms with E-state index in [-0.39, 0.29) is 17.5 Å². The van der Waals surface area contributed by atoms with Gasteiger partial charge in [-0.2, -0.15) is 0 Å². The first-order valence-corrected chi connectivity index (χ1v) is 9.19. The molecule has 1 aromatic heterocycles. The molecule has 4 rings (SSSR count). The van der Waals surface area contributed by atoms with Gasteiger partial charge in [0.05, 0.1) is 18.3 Å². The number of likely N-dealkylation sites (N-methyl/N-ethyl adjacent to an activating group) is 1. The molecule has 1 N–H and O–H groups in total. The SMILES string of the molecule is COCc1cccc(-c2ccnc([C@H]3CC[C@@]4(CCN(C)C4=O)N3)c2)c1. The summed E-state index contributed by atoms with van der Waals surface area (Å²) < 4.78 is 5.24. The number of carbonyl (C=O) groups is 1. The molecule has 2 saturated heterocycles. The predicted molar refractivity (Wildman–Crippen MR) is 100 cm³/mol. The van der Waals surface area contributed by atoms with Crippen LogP contribution in [0.25, 0.3) is 11.1 Å². The van der Waals surface area contributed by atoms with Crippen LogP contribution >= 0.6 is 0 Å². The van der Waals surface area contributed by atoms with Crippen molar-refractivity contribution in [3.63, 3.8) is 0 Å². The molecule has 2 aromatic rings. The molecule has 26 heavy (non-hydrogen) atoms. The van der Waals surface area contributed by atoms with E-state index in [1.54, 1.807) is 7.11 Å². The summed E-state index contributed by atoms with van der Waals surface area (Å²) in [4.78, 5) is 19.0. The van der Waals surface area contributed by atoms with E-state index < -0.39 is 0 Å². The molecular weight excluding hydrogens is 326 g/mol. The number of methoxy groups -OCH3 is 1. The minimum atomic E-state index is -0.379. The molecule has 1 aromatic carbocycles. The lowest BCUT2D eigenvalue weighted by atomic mass is 9.96. The number of carbonyl (C=O) groups excluding carboxylic acids is 1. The Morgan fingerprint density at radius 2 is 2.12 bits per heavy atom. The van der Waals surface area contributed by atoms with E-state index in [9.17, 15) is 4.79 Å². The van der Waals surface area contributed by atoms with E-state index in [0.29, 0.717) is 6.61 Å². The molecular formula is C21H25N3O2. The van der Waals surface area contributed by atoms with Gasteiger partial charge in [-0.1, -0.05) is 18.2 Å². The summed E-state index contributed by atoms with van der Waals surface area (Å²) in [5, 5.41) is 3.60. The highest BCUT2D eigenvalue weighted by atomic mass is 16.5. The van der Waals surface area contributed by atoms with E-state index >= 15 is 0 Å². The fourth-order valence-corrected chi connectivity index (χ4v) is 4.21. The maximum Gasteiger partial charge on any atom is 0.242 e. The molecule has 2 aliphatic heterocycles. The van der Waals surface area contributed by atoms with Crippen LogP contribution in [0.15, 0.2) is 42.6 Å². The lowest BCUT2D eigenvalue weighted by Crippen LogP contribution is -2.47. The van der Waals surface area contributed by atoms with Crippen molar-refractivity contribution in [2.45, 2.75) is 37.5 Å². The van der Waals surface area contributed by atoms with Crippen molar-refractivity contribution in [1.29, 1.82) is 0 Å². The Kier molecular flexibility index (Phi) is 4.51. The van der Waals surface area contributed by atoms with Crippen molar-refractivity contribution in [3.05, 3.63) is 53.9 Å². The Hall–Kier alpha value is -2.24. The number of hydrogen-bond donors (Lipinski definition) is 1. The van der Waals surface area contributed by atoms with Crippen LogP contribution in [0.1, 0.15) is 36.6 Å². The zero-order valence-corrected chi connectivity index (χ0v) is 15.4. The van der Waals surface area contributed by atoms with Crippen molar-refractivity contribution in [2.75, 3.05) is 20.7 Å². The highest BCUT2D eigenvalue weighted by Gasteiger charge is 2.50. The van der Waals surface area contributed by atoms with Crippen LogP contribution in [-0.4, -0.2) is 42.0 Å². The fourth-order valence-electron chi connectivity index (χ4n) is 4.21. The summed E-state index contributed by atoms with van der Waals surface area (Å²) in [5.41, 5.74) is 4.09. The molecule has 2 atom stereocenters. The molecule has 0 bridgehead atoms. The van der Waals surface area contributed by atoms with E-state index in [1.807, 2.05) is 24.2 Å². The maximum atomic E-state index is 12.5. The molecule has 0 unspecified atom stereocenters. The van der Waals surface area contributed by atoms with E-state index in [1.165, 1.54) is 0 Å². The van der Waals surface area contributed by atoms with Gasteiger partial charge in [-0.15, -0.1) is 0 Å². The molecule has 1 spiro atoms. The number of benzene rings is 1. The first kappa shape index (κ1) is 17.2. The monoisotopic (exact) mass is 351 g/mol. The highest BCUT2D eigenvalue weighted by Crippen LogP contribution is 2.39. The second-order valence-electron chi connectivity index (χ2n) is 7.40. The van der Waals surface area contributed by atoms with Gasteiger partial charge in [0, 0.05) is 26.9 Å². The van der Waals surface area contributed by atoms with Gasteiger partial charge in [0.2, 0.25) is 5.91 Å². The van der Waals surface area contributed by atoms with Gasteiger partial charge in [-0.05, 0) is 54.2 Å². The largest absolute Gasteiger partial charge is 0.380 e. The first-order chi connectivity index (χ1) is 12.6. The summed E-state index contributed by atoms with van der Waals surface area (Å²) in [6.45, 7) is 1.44. The molecule has 5 nitrogen and oxygen atoms in total. The second-order valence-corrected chi connectivity index (χ2v) is 7.40. The number of hydrogen-bond acceptors (Lipinski definition) is 4. The average Bonchev–Trinajstić information content (AvgIpc) is 3.22. The molecule has 2 aliphatic rings. The van der Waals surface area contributed by atoms with Gasteiger partial charge in [0.1, 0.15) is 5.54 Å². The molecule has 3 heterocycles. The number of amides is 1. The topological polar surface area (TPSA) is 54.5 Å². The van der Waals surface area contributed by atoms with Crippen molar-refractivity contribution in [1.82, 2.24) is 15.2 Å². The fraction of sp³-hybridized carbons (Fsp3) is 0.429. The van der Waals surface area contributed by atoms with Crippen molar-refractivity contribution < 1.29 is 9.53 Å². The van der Waals surface area contributed by atoms with E-state index in [0.717, 1.165) is 48.2 Å². The minimum Gasteiger partial charge on any atom is -0.380 e. The summed E-state index contributed by atoms with van der Waals surface area (Å²) in [5.74, 6) is 0.225. The number of ether oxygens (including phenoxy) is 1. The number of aromatic nitrogens is 1. The van der Waals surface area contributed by atoms with Crippen LogP contribution in [0.5, 0.6) is 0 Å². The molecule has 136 valence electrons. The smallest absolute Gasteiger partial charge is 0.242 e. The Bertz CT molecular complexity index is 822. The Balaban J connectivity index is 1.57. The summed E-state index contributed by atoms with van der Waals surface area (Å²) in [7, 11) is 3.60. The van der Waals surface area contributed by atoms with Crippen LogP contribution in [0.2, 0.25) is 0 Å². The molecule has 0 aliphatic carbocycles. The van der Waals surface area contributed by atoms with Crippen molar-refractivity contribution in [2.24, 2.45) is 0 Å². The zero-order valence-electron chi connectivity index (χ0n) is 15.4. The summed E-state index contributed by atoms with van der Waals surface area (Å²) in [6, 6.07) is 12.7. The first-order valence-electron chi connectivity index (χ1n) is 9.19. The maximum absolute atomic E-state index is 12.5. The quantitative estimate of drug-likeness (QED) is 0.920. The number of pyridine rings is 1. The van der Waals surface area contributed by atoms with Gasteiger partial charge in [-0.25, -0.2) is 0 Å². The zero-order chi connectivity index (χ0) is 18.1. The molecule has 0 radical (unpaired) electrons. The van der Waals surface area contributed by atoms with Gasteiger partial charge in [-0.3, -0.25) is 15.1 Å². The third kappa shape index (κ3) is 3.02.